The molecule has 2 heterocycles. The first-order valence-corrected chi connectivity index (χ1v) is 9.26. The zero-order valence-electron chi connectivity index (χ0n) is 15.1. The fourth-order valence-corrected chi connectivity index (χ4v) is 4.17. The number of aliphatic imine (C=N–C) groups is 1. The van der Waals surface area contributed by atoms with Crippen molar-refractivity contribution >= 4 is 28.9 Å². The Labute approximate surface area is 166 Å². The van der Waals surface area contributed by atoms with E-state index in [1.165, 1.54) is 0 Å². The van der Waals surface area contributed by atoms with Crippen LogP contribution in [0.4, 0.5) is 5.69 Å². The van der Waals surface area contributed by atoms with Crippen molar-refractivity contribution in [3.05, 3.63) is 101 Å². The van der Waals surface area contributed by atoms with Gasteiger partial charge in [0.2, 0.25) is 11.5 Å². The molecule has 6 rings (SSSR count). The highest BCUT2D eigenvalue weighted by atomic mass is 16.3. The molecule has 1 N–H and O–H groups in total. The van der Waals surface area contributed by atoms with E-state index in [1.54, 1.807) is 29.2 Å². The molecule has 3 aromatic rings. The second kappa shape index (κ2) is 5.56. The number of rotatable bonds is 1. The monoisotopic (exact) mass is 378 g/mol. The van der Waals surface area contributed by atoms with Gasteiger partial charge < -0.3 is 5.11 Å². The molecule has 2 aliphatic heterocycles. The van der Waals surface area contributed by atoms with Gasteiger partial charge in [0, 0.05) is 22.3 Å². The molecule has 1 atom stereocenters. The summed E-state index contributed by atoms with van der Waals surface area (Å²) >= 11 is 0. The first-order chi connectivity index (χ1) is 14.2. The van der Waals surface area contributed by atoms with E-state index in [4.69, 9.17) is 4.99 Å². The van der Waals surface area contributed by atoms with Crippen molar-refractivity contribution < 1.29 is 9.90 Å². The molecule has 1 aliphatic carbocycles. The number of amidine groups is 2. The van der Waals surface area contributed by atoms with Gasteiger partial charge in [-0.2, -0.15) is 0 Å². The zero-order chi connectivity index (χ0) is 19.6. The third-order valence-corrected chi connectivity index (χ3v) is 5.49. The normalized spacial score (nSPS) is 21.3. The van der Waals surface area contributed by atoms with Crippen molar-refractivity contribution in [2.24, 2.45) is 15.2 Å². The van der Waals surface area contributed by atoms with Gasteiger partial charge in [-0.15, -0.1) is 10.2 Å². The number of carbonyl (C=O) groups excluding carboxylic acids is 1. The summed E-state index contributed by atoms with van der Waals surface area (Å²) in [7, 11) is 0. The average molecular weight is 378 g/mol. The quantitative estimate of drug-likeness (QED) is 0.706. The Morgan fingerprint density at radius 3 is 2.28 bits per heavy atom. The molecule has 6 heteroatoms. The van der Waals surface area contributed by atoms with E-state index in [1.807, 2.05) is 54.6 Å². The van der Waals surface area contributed by atoms with Crippen molar-refractivity contribution in [3.8, 4) is 0 Å². The molecule has 0 spiro atoms. The molecule has 138 valence electrons. The van der Waals surface area contributed by atoms with E-state index < -0.39 is 5.72 Å². The summed E-state index contributed by atoms with van der Waals surface area (Å²) in [5, 5.41) is 20.5. The number of carbonyl (C=O) groups is 1. The van der Waals surface area contributed by atoms with E-state index in [0.717, 1.165) is 16.8 Å². The number of hydrogen-bond acceptors (Lipinski definition) is 6. The van der Waals surface area contributed by atoms with Crippen molar-refractivity contribution in [2.75, 3.05) is 0 Å². The average Bonchev–Trinajstić information content (AvgIpc) is 3.01. The number of fused-ring (bicyclic) bond motifs is 7. The maximum atomic E-state index is 13.0. The highest BCUT2D eigenvalue weighted by molar-refractivity contribution is 6.53. The number of para-hydroxylation sites is 1. The van der Waals surface area contributed by atoms with Crippen molar-refractivity contribution in [3.63, 3.8) is 0 Å². The molecule has 6 nitrogen and oxygen atoms in total. The minimum absolute atomic E-state index is 0.00883. The Kier molecular flexibility index (Phi) is 3.08. The fourth-order valence-electron chi connectivity index (χ4n) is 4.17. The fraction of sp³-hybridized carbons (Fsp3) is 0.0435. The number of benzene rings is 3. The molecule has 3 aromatic carbocycles. The summed E-state index contributed by atoms with van der Waals surface area (Å²) in [6, 6.07) is 24.2. The summed E-state index contributed by atoms with van der Waals surface area (Å²) in [5.41, 5.74) is 1.43. The molecule has 0 amide bonds. The van der Waals surface area contributed by atoms with Crippen LogP contribution in [0.25, 0.3) is 0 Å². The van der Waals surface area contributed by atoms with Crippen LogP contribution >= 0.6 is 0 Å². The molecular weight excluding hydrogens is 364 g/mol. The Morgan fingerprint density at radius 1 is 0.759 bits per heavy atom. The molecule has 0 aromatic heterocycles. The third kappa shape index (κ3) is 1.98. The number of nitrogens with zero attached hydrogens (tertiary/aromatic N) is 4. The van der Waals surface area contributed by atoms with E-state index in [0.29, 0.717) is 22.8 Å². The van der Waals surface area contributed by atoms with Gasteiger partial charge in [0.25, 0.3) is 0 Å². The summed E-state index contributed by atoms with van der Waals surface area (Å²) < 4.78 is 0. The van der Waals surface area contributed by atoms with Gasteiger partial charge >= 0.3 is 0 Å². The highest BCUT2D eigenvalue weighted by Gasteiger charge is 2.58. The Balaban J connectivity index is 1.69. The lowest BCUT2D eigenvalue weighted by Gasteiger charge is -2.43. The van der Waals surface area contributed by atoms with Crippen LogP contribution < -0.4 is 0 Å². The first-order valence-electron chi connectivity index (χ1n) is 9.26. The number of ketones is 1. The van der Waals surface area contributed by atoms with Crippen LogP contribution in [0.2, 0.25) is 0 Å². The van der Waals surface area contributed by atoms with E-state index >= 15 is 0 Å². The second-order valence-electron chi connectivity index (χ2n) is 7.07. The molecule has 0 saturated heterocycles. The number of Topliss-reactive ketones (excluding diaryl/α,β-unsaturated/α-hetero) is 1. The maximum Gasteiger partial charge on any atom is 0.222 e. The lowest BCUT2D eigenvalue weighted by molar-refractivity contribution is 0.0286. The summed E-state index contributed by atoms with van der Waals surface area (Å²) in [4.78, 5) is 19.4. The van der Waals surface area contributed by atoms with Gasteiger partial charge in [0.05, 0.1) is 5.69 Å². The zero-order valence-corrected chi connectivity index (χ0v) is 15.1. The van der Waals surface area contributed by atoms with Crippen LogP contribution in [0.5, 0.6) is 0 Å². The Morgan fingerprint density at radius 2 is 1.45 bits per heavy atom. The molecular formula is C23H14N4O2. The Bertz CT molecular complexity index is 1290. The van der Waals surface area contributed by atoms with Crippen LogP contribution in [-0.4, -0.2) is 33.2 Å². The molecule has 0 saturated carbocycles. The number of aliphatic hydroxyl groups is 1. The molecule has 1 unspecified atom stereocenters. The Hall–Kier alpha value is -3.90. The van der Waals surface area contributed by atoms with Gasteiger partial charge in [-0.1, -0.05) is 66.7 Å². The predicted octanol–water partition coefficient (Wildman–Crippen LogP) is 3.24. The van der Waals surface area contributed by atoms with E-state index in [9.17, 15) is 9.90 Å². The van der Waals surface area contributed by atoms with Crippen LogP contribution in [0.1, 0.15) is 27.0 Å². The third-order valence-electron chi connectivity index (χ3n) is 5.49. The molecule has 29 heavy (non-hydrogen) atoms. The van der Waals surface area contributed by atoms with Crippen LogP contribution in [-0.2, 0) is 5.72 Å². The van der Waals surface area contributed by atoms with Crippen LogP contribution in [0.15, 0.2) is 94.1 Å². The molecule has 0 fully saturated rings. The van der Waals surface area contributed by atoms with Crippen molar-refractivity contribution in [2.45, 2.75) is 5.72 Å². The minimum Gasteiger partial charge on any atom is -0.361 e. The summed E-state index contributed by atoms with van der Waals surface area (Å²) in [6.07, 6.45) is 0. The highest BCUT2D eigenvalue weighted by Crippen LogP contribution is 2.44. The summed E-state index contributed by atoms with van der Waals surface area (Å²) in [5.74, 6) is 0.657. The van der Waals surface area contributed by atoms with Crippen molar-refractivity contribution in [1.29, 1.82) is 0 Å². The van der Waals surface area contributed by atoms with Crippen LogP contribution in [0.3, 0.4) is 0 Å². The lowest BCUT2D eigenvalue weighted by atomic mass is 9.96. The second-order valence-corrected chi connectivity index (χ2v) is 7.07. The van der Waals surface area contributed by atoms with Gasteiger partial charge in [-0.05, 0) is 12.1 Å². The van der Waals surface area contributed by atoms with Gasteiger partial charge in [-0.25, -0.2) is 4.99 Å². The van der Waals surface area contributed by atoms with Crippen LogP contribution in [0, 0.1) is 0 Å². The molecule has 3 aliphatic rings. The SMILES string of the molecule is O=C1C2=NN=C3c4ccccc4N=C(c4ccccc4)N3C2(O)c2ccccc21. The van der Waals surface area contributed by atoms with Gasteiger partial charge in [0.1, 0.15) is 5.84 Å². The smallest absolute Gasteiger partial charge is 0.222 e. The molecule has 0 radical (unpaired) electrons. The summed E-state index contributed by atoms with van der Waals surface area (Å²) in [6.45, 7) is 0. The topological polar surface area (TPSA) is 77.6 Å². The number of hydrogen-bond donors (Lipinski definition) is 1. The van der Waals surface area contributed by atoms with E-state index in [2.05, 4.69) is 10.2 Å². The van der Waals surface area contributed by atoms with Gasteiger partial charge in [-0.3, -0.25) is 9.69 Å². The molecule has 0 bridgehead atoms. The lowest BCUT2D eigenvalue weighted by Crippen LogP contribution is -2.59. The van der Waals surface area contributed by atoms with Gasteiger partial charge in [0.15, 0.2) is 11.5 Å². The minimum atomic E-state index is -1.77. The van der Waals surface area contributed by atoms with Crippen molar-refractivity contribution in [1.82, 2.24) is 4.90 Å². The maximum absolute atomic E-state index is 13.0. The largest absolute Gasteiger partial charge is 0.361 e. The predicted molar refractivity (Wildman–Crippen MR) is 110 cm³/mol. The first kappa shape index (κ1) is 16.1. The standard InChI is InChI=1S/C23H14N4O2/c28-19-15-10-4-6-12-17(15)23(29)20(19)25-26-22-16-11-5-7-13-18(16)24-21(27(22)23)14-8-2-1-3-9-14/h1-13,29H. The van der Waals surface area contributed by atoms with E-state index in [-0.39, 0.29) is 11.5 Å².